The molecular weight excluding hydrogens is 277 g/mol. The SMILES string of the molecule is O=[N+]([O-])c1c(F)cccc1NCc1ccnc2ccnn12. The van der Waals surface area contributed by atoms with Crippen molar-refractivity contribution >= 4 is 17.0 Å². The lowest BCUT2D eigenvalue weighted by molar-refractivity contribution is -0.386. The first-order valence-corrected chi connectivity index (χ1v) is 6.11. The number of aromatic nitrogens is 3. The van der Waals surface area contributed by atoms with E-state index >= 15 is 0 Å². The van der Waals surface area contributed by atoms with Crippen molar-refractivity contribution in [3.8, 4) is 0 Å². The van der Waals surface area contributed by atoms with Crippen molar-refractivity contribution in [1.29, 1.82) is 0 Å². The predicted molar refractivity (Wildman–Crippen MR) is 73.4 cm³/mol. The summed E-state index contributed by atoms with van der Waals surface area (Å²) >= 11 is 0. The van der Waals surface area contributed by atoms with Crippen LogP contribution in [0.5, 0.6) is 0 Å². The number of hydrogen-bond acceptors (Lipinski definition) is 5. The third kappa shape index (κ3) is 2.38. The van der Waals surface area contributed by atoms with Gasteiger partial charge in [-0.1, -0.05) is 6.07 Å². The van der Waals surface area contributed by atoms with Crippen molar-refractivity contribution in [2.45, 2.75) is 6.54 Å². The first-order chi connectivity index (χ1) is 10.2. The van der Waals surface area contributed by atoms with Crippen molar-refractivity contribution < 1.29 is 9.31 Å². The van der Waals surface area contributed by atoms with Gasteiger partial charge in [-0.25, -0.2) is 9.50 Å². The Hall–Kier alpha value is -3.03. The van der Waals surface area contributed by atoms with Crippen LogP contribution in [-0.4, -0.2) is 19.5 Å². The molecule has 0 atom stereocenters. The fourth-order valence-corrected chi connectivity index (χ4v) is 2.05. The highest BCUT2D eigenvalue weighted by atomic mass is 19.1. The van der Waals surface area contributed by atoms with Crippen molar-refractivity contribution in [2.75, 3.05) is 5.32 Å². The van der Waals surface area contributed by atoms with Crippen LogP contribution in [0.1, 0.15) is 5.69 Å². The first kappa shape index (κ1) is 13.0. The summed E-state index contributed by atoms with van der Waals surface area (Å²) in [4.78, 5) is 14.3. The number of anilines is 1. The van der Waals surface area contributed by atoms with Crippen LogP contribution >= 0.6 is 0 Å². The lowest BCUT2D eigenvalue weighted by atomic mass is 10.2. The standard InChI is InChI=1S/C13H10FN5O2/c14-10-2-1-3-11(13(10)19(20)21)16-8-9-4-6-15-12-5-7-17-18(9)12/h1-7,16H,8H2. The van der Waals surface area contributed by atoms with E-state index in [1.807, 2.05) is 0 Å². The highest BCUT2D eigenvalue weighted by Gasteiger charge is 2.19. The van der Waals surface area contributed by atoms with E-state index in [0.717, 1.165) is 11.8 Å². The van der Waals surface area contributed by atoms with Gasteiger partial charge < -0.3 is 5.32 Å². The molecule has 1 aromatic carbocycles. The van der Waals surface area contributed by atoms with Gasteiger partial charge in [0.15, 0.2) is 5.65 Å². The van der Waals surface area contributed by atoms with E-state index in [4.69, 9.17) is 0 Å². The van der Waals surface area contributed by atoms with Gasteiger partial charge in [0, 0.05) is 12.3 Å². The molecule has 0 aliphatic heterocycles. The van der Waals surface area contributed by atoms with Crippen molar-refractivity contribution in [3.05, 3.63) is 64.4 Å². The fourth-order valence-electron chi connectivity index (χ4n) is 2.05. The summed E-state index contributed by atoms with van der Waals surface area (Å²) < 4.78 is 15.1. The van der Waals surface area contributed by atoms with E-state index < -0.39 is 16.4 Å². The molecule has 2 heterocycles. The summed E-state index contributed by atoms with van der Waals surface area (Å²) in [7, 11) is 0. The zero-order chi connectivity index (χ0) is 14.8. The lowest BCUT2D eigenvalue weighted by Crippen LogP contribution is -2.08. The van der Waals surface area contributed by atoms with Gasteiger partial charge in [0.05, 0.1) is 23.4 Å². The molecule has 8 heteroatoms. The number of hydrogen-bond donors (Lipinski definition) is 1. The Morgan fingerprint density at radius 1 is 1.29 bits per heavy atom. The summed E-state index contributed by atoms with van der Waals surface area (Å²) in [5.74, 6) is -0.871. The molecule has 0 radical (unpaired) electrons. The van der Waals surface area contributed by atoms with Gasteiger partial charge in [-0.2, -0.15) is 9.49 Å². The molecule has 0 bridgehead atoms. The molecule has 0 aliphatic carbocycles. The van der Waals surface area contributed by atoms with Crippen LogP contribution in [0.3, 0.4) is 0 Å². The van der Waals surface area contributed by atoms with Crippen LogP contribution in [0.2, 0.25) is 0 Å². The number of nitro benzene ring substituents is 1. The largest absolute Gasteiger partial charge is 0.374 e. The molecule has 3 aromatic rings. The number of benzene rings is 1. The van der Waals surface area contributed by atoms with Crippen LogP contribution in [0.15, 0.2) is 42.7 Å². The van der Waals surface area contributed by atoms with Gasteiger partial charge >= 0.3 is 5.69 Å². The number of fused-ring (bicyclic) bond motifs is 1. The second-order valence-electron chi connectivity index (χ2n) is 4.28. The smallest absolute Gasteiger partial charge is 0.327 e. The Bertz CT molecular complexity index is 817. The zero-order valence-electron chi connectivity index (χ0n) is 10.7. The van der Waals surface area contributed by atoms with Crippen LogP contribution in [0.4, 0.5) is 15.8 Å². The minimum Gasteiger partial charge on any atom is -0.374 e. The molecule has 0 spiro atoms. The summed E-state index contributed by atoms with van der Waals surface area (Å²) in [5, 5.41) is 17.9. The quantitative estimate of drug-likeness (QED) is 0.588. The molecule has 0 amide bonds. The molecule has 3 rings (SSSR count). The minimum atomic E-state index is -0.871. The van der Waals surface area contributed by atoms with E-state index in [0.29, 0.717) is 5.65 Å². The summed E-state index contributed by atoms with van der Waals surface area (Å²) in [6, 6.07) is 7.41. The molecular formula is C13H10FN5O2. The van der Waals surface area contributed by atoms with E-state index in [-0.39, 0.29) is 12.2 Å². The van der Waals surface area contributed by atoms with Crippen molar-refractivity contribution in [2.24, 2.45) is 0 Å². The minimum absolute atomic E-state index is 0.122. The predicted octanol–water partition coefficient (Wildman–Crippen LogP) is 2.39. The Morgan fingerprint density at radius 2 is 2.14 bits per heavy atom. The Kier molecular flexibility index (Phi) is 3.19. The molecule has 2 aromatic heterocycles. The molecule has 0 unspecified atom stereocenters. The highest BCUT2D eigenvalue weighted by Crippen LogP contribution is 2.27. The van der Waals surface area contributed by atoms with Crippen molar-refractivity contribution in [1.82, 2.24) is 14.6 Å². The average molecular weight is 287 g/mol. The highest BCUT2D eigenvalue weighted by molar-refractivity contribution is 5.62. The van der Waals surface area contributed by atoms with E-state index in [1.54, 1.807) is 29.0 Å². The van der Waals surface area contributed by atoms with Gasteiger partial charge in [0.2, 0.25) is 5.82 Å². The maximum atomic E-state index is 13.5. The molecule has 7 nitrogen and oxygen atoms in total. The maximum Gasteiger partial charge on any atom is 0.327 e. The summed E-state index contributed by atoms with van der Waals surface area (Å²) in [5.41, 5.74) is 0.979. The van der Waals surface area contributed by atoms with Gasteiger partial charge in [-0.3, -0.25) is 10.1 Å². The lowest BCUT2D eigenvalue weighted by Gasteiger charge is -2.08. The molecule has 0 aliphatic rings. The van der Waals surface area contributed by atoms with Gasteiger partial charge in [-0.15, -0.1) is 0 Å². The summed E-state index contributed by atoms with van der Waals surface area (Å²) in [6.07, 6.45) is 3.23. The molecule has 0 saturated carbocycles. The van der Waals surface area contributed by atoms with E-state index in [2.05, 4.69) is 15.4 Å². The van der Waals surface area contributed by atoms with E-state index in [9.17, 15) is 14.5 Å². The maximum absolute atomic E-state index is 13.5. The van der Waals surface area contributed by atoms with Crippen LogP contribution < -0.4 is 5.32 Å². The molecule has 106 valence electrons. The number of rotatable bonds is 4. The number of para-hydroxylation sites is 1. The topological polar surface area (TPSA) is 85.4 Å². The molecule has 1 N–H and O–H groups in total. The Balaban J connectivity index is 1.90. The molecule has 0 saturated heterocycles. The average Bonchev–Trinajstić information content (AvgIpc) is 2.93. The molecule has 21 heavy (non-hydrogen) atoms. The number of nitro groups is 1. The monoisotopic (exact) mass is 287 g/mol. The molecule has 0 fully saturated rings. The third-order valence-corrected chi connectivity index (χ3v) is 3.00. The second kappa shape index (κ2) is 5.16. The van der Waals surface area contributed by atoms with Crippen LogP contribution in [-0.2, 0) is 6.54 Å². The van der Waals surface area contributed by atoms with Gasteiger partial charge in [-0.05, 0) is 18.2 Å². The van der Waals surface area contributed by atoms with Crippen molar-refractivity contribution in [3.63, 3.8) is 0 Å². The van der Waals surface area contributed by atoms with E-state index in [1.165, 1.54) is 12.1 Å². The van der Waals surface area contributed by atoms with Gasteiger partial charge in [0.25, 0.3) is 0 Å². The Morgan fingerprint density at radius 3 is 2.95 bits per heavy atom. The normalized spacial score (nSPS) is 10.7. The second-order valence-corrected chi connectivity index (χ2v) is 4.28. The first-order valence-electron chi connectivity index (χ1n) is 6.11. The Labute approximate surface area is 118 Å². The van der Waals surface area contributed by atoms with Gasteiger partial charge in [0.1, 0.15) is 5.69 Å². The zero-order valence-corrected chi connectivity index (χ0v) is 10.7. The number of nitrogens with zero attached hydrogens (tertiary/aromatic N) is 4. The third-order valence-electron chi connectivity index (χ3n) is 3.00. The van der Waals surface area contributed by atoms with Crippen LogP contribution in [0.25, 0.3) is 5.65 Å². The van der Waals surface area contributed by atoms with Crippen LogP contribution in [0, 0.1) is 15.9 Å². The fraction of sp³-hybridized carbons (Fsp3) is 0.0769. The number of nitrogens with one attached hydrogen (secondary N) is 1. The summed E-state index contributed by atoms with van der Waals surface area (Å²) in [6.45, 7) is 0.255. The number of halogens is 1.